The number of hydrogen-bond acceptors (Lipinski definition) is 2. The normalized spacial score (nSPS) is 12.4. The molecule has 0 fully saturated rings. The topological polar surface area (TPSA) is 35.2 Å². The molecule has 0 radical (unpaired) electrons. The van der Waals surface area contributed by atoms with Gasteiger partial charge in [0.1, 0.15) is 11.6 Å². The third kappa shape index (κ3) is 4.40. The highest BCUT2D eigenvalue weighted by Gasteiger charge is 2.16. The van der Waals surface area contributed by atoms with Crippen LogP contribution < -0.4 is 5.73 Å². The number of halogens is 2. The van der Waals surface area contributed by atoms with Crippen molar-refractivity contribution in [3.63, 3.8) is 0 Å². The van der Waals surface area contributed by atoms with Crippen LogP contribution in [0.2, 0.25) is 0 Å². The molecule has 0 aliphatic heterocycles. The molecule has 2 nitrogen and oxygen atoms in total. The van der Waals surface area contributed by atoms with Gasteiger partial charge in [-0.05, 0) is 62.4 Å². The molecule has 130 valence electrons. The first kappa shape index (κ1) is 18.6. The molecule has 1 unspecified atom stereocenters. The van der Waals surface area contributed by atoms with E-state index < -0.39 is 11.6 Å². The summed E-state index contributed by atoms with van der Waals surface area (Å²) in [7, 11) is 0. The van der Waals surface area contributed by atoms with Crippen LogP contribution in [0.15, 0.2) is 30.3 Å². The van der Waals surface area contributed by atoms with Gasteiger partial charge in [-0.1, -0.05) is 23.8 Å². The van der Waals surface area contributed by atoms with E-state index in [-0.39, 0.29) is 11.7 Å². The summed E-state index contributed by atoms with van der Waals surface area (Å²) in [5.41, 5.74) is 10.6. The average molecular weight is 333 g/mol. The Morgan fingerprint density at radius 3 is 2.17 bits per heavy atom. The second kappa shape index (κ2) is 8.36. The zero-order valence-electron chi connectivity index (χ0n) is 14.5. The van der Waals surface area contributed by atoms with E-state index in [0.29, 0.717) is 26.0 Å². The standard InChI is InChI=1S/C20H25F2NO/c1-13-10-14(2)20(15(3)11-13)19(12-23)24-9-5-6-16-17(21)7-4-8-18(16)22/h4,7-8,10-11,19H,5-6,9,12,23H2,1-3H3. The van der Waals surface area contributed by atoms with Crippen molar-refractivity contribution >= 4 is 0 Å². The van der Waals surface area contributed by atoms with Crippen LogP contribution in [-0.4, -0.2) is 13.2 Å². The Labute approximate surface area is 142 Å². The fourth-order valence-electron chi connectivity index (χ4n) is 3.21. The summed E-state index contributed by atoms with van der Waals surface area (Å²) in [6.07, 6.45) is 0.649. The van der Waals surface area contributed by atoms with Gasteiger partial charge in [0.15, 0.2) is 0 Å². The number of aryl methyl sites for hydroxylation is 3. The maximum atomic E-state index is 13.6. The van der Waals surface area contributed by atoms with Crippen molar-refractivity contribution in [1.82, 2.24) is 0 Å². The van der Waals surface area contributed by atoms with E-state index in [4.69, 9.17) is 10.5 Å². The van der Waals surface area contributed by atoms with Gasteiger partial charge in [0.2, 0.25) is 0 Å². The molecule has 0 aliphatic rings. The lowest BCUT2D eigenvalue weighted by Gasteiger charge is -2.21. The number of rotatable bonds is 7. The molecule has 4 heteroatoms. The summed E-state index contributed by atoms with van der Waals surface area (Å²) in [6.45, 7) is 6.94. The molecular formula is C20H25F2NO. The Kier molecular flexibility index (Phi) is 6.46. The van der Waals surface area contributed by atoms with Crippen molar-refractivity contribution in [3.05, 3.63) is 69.8 Å². The largest absolute Gasteiger partial charge is 0.372 e. The number of ether oxygens (including phenoxy) is 1. The molecule has 2 N–H and O–H groups in total. The maximum Gasteiger partial charge on any atom is 0.129 e. The Bertz CT molecular complexity index is 657. The highest BCUT2D eigenvalue weighted by atomic mass is 19.1. The Balaban J connectivity index is 1.98. The molecule has 1 atom stereocenters. The average Bonchev–Trinajstić information content (AvgIpc) is 2.50. The lowest BCUT2D eigenvalue weighted by Crippen LogP contribution is -2.19. The van der Waals surface area contributed by atoms with Crippen LogP contribution >= 0.6 is 0 Å². The third-order valence-electron chi connectivity index (χ3n) is 4.23. The van der Waals surface area contributed by atoms with E-state index >= 15 is 0 Å². The lowest BCUT2D eigenvalue weighted by atomic mass is 9.95. The zero-order chi connectivity index (χ0) is 17.7. The van der Waals surface area contributed by atoms with Gasteiger partial charge in [-0.2, -0.15) is 0 Å². The number of benzene rings is 2. The van der Waals surface area contributed by atoms with Crippen LogP contribution in [-0.2, 0) is 11.2 Å². The molecular weight excluding hydrogens is 308 g/mol. The number of nitrogens with two attached hydrogens (primary N) is 1. The quantitative estimate of drug-likeness (QED) is 0.755. The monoisotopic (exact) mass is 333 g/mol. The smallest absolute Gasteiger partial charge is 0.129 e. The van der Waals surface area contributed by atoms with Crippen LogP contribution in [0.5, 0.6) is 0 Å². The maximum absolute atomic E-state index is 13.6. The van der Waals surface area contributed by atoms with Gasteiger partial charge in [0.25, 0.3) is 0 Å². The van der Waals surface area contributed by atoms with Gasteiger partial charge in [-0.3, -0.25) is 0 Å². The van der Waals surface area contributed by atoms with Crippen molar-refractivity contribution in [2.45, 2.75) is 39.7 Å². The van der Waals surface area contributed by atoms with Crippen molar-refractivity contribution in [1.29, 1.82) is 0 Å². The molecule has 0 saturated heterocycles. The Morgan fingerprint density at radius 1 is 1.04 bits per heavy atom. The first-order chi connectivity index (χ1) is 11.4. The molecule has 0 heterocycles. The third-order valence-corrected chi connectivity index (χ3v) is 4.23. The van der Waals surface area contributed by atoms with Crippen LogP contribution in [0.1, 0.15) is 40.3 Å². The Morgan fingerprint density at radius 2 is 1.62 bits per heavy atom. The minimum atomic E-state index is -0.504. The van der Waals surface area contributed by atoms with E-state index in [0.717, 1.165) is 16.7 Å². The fraction of sp³-hybridized carbons (Fsp3) is 0.400. The van der Waals surface area contributed by atoms with Gasteiger partial charge in [-0.15, -0.1) is 0 Å². The van der Waals surface area contributed by atoms with Crippen LogP contribution in [0, 0.1) is 32.4 Å². The van der Waals surface area contributed by atoms with Crippen molar-refractivity contribution in [2.75, 3.05) is 13.2 Å². The molecule has 0 amide bonds. The second-order valence-electron chi connectivity index (χ2n) is 6.21. The molecule has 24 heavy (non-hydrogen) atoms. The molecule has 0 saturated carbocycles. The zero-order valence-corrected chi connectivity index (χ0v) is 14.5. The molecule has 0 aromatic heterocycles. The summed E-state index contributed by atoms with van der Waals surface area (Å²) >= 11 is 0. The van der Waals surface area contributed by atoms with Crippen LogP contribution in [0.25, 0.3) is 0 Å². The fourth-order valence-corrected chi connectivity index (χ4v) is 3.21. The minimum Gasteiger partial charge on any atom is -0.372 e. The van der Waals surface area contributed by atoms with E-state index in [1.807, 2.05) is 0 Å². The minimum absolute atomic E-state index is 0.119. The van der Waals surface area contributed by atoms with Gasteiger partial charge >= 0.3 is 0 Å². The summed E-state index contributed by atoms with van der Waals surface area (Å²) in [4.78, 5) is 0. The van der Waals surface area contributed by atoms with Gasteiger partial charge < -0.3 is 10.5 Å². The van der Waals surface area contributed by atoms with E-state index in [1.165, 1.54) is 23.8 Å². The summed E-state index contributed by atoms with van der Waals surface area (Å²) in [5.74, 6) is -1.01. The van der Waals surface area contributed by atoms with Crippen LogP contribution in [0.4, 0.5) is 8.78 Å². The lowest BCUT2D eigenvalue weighted by molar-refractivity contribution is 0.0561. The van der Waals surface area contributed by atoms with Gasteiger partial charge in [-0.25, -0.2) is 8.78 Å². The first-order valence-electron chi connectivity index (χ1n) is 8.26. The summed E-state index contributed by atoms with van der Waals surface area (Å²) in [6, 6.07) is 8.16. The van der Waals surface area contributed by atoms with Crippen molar-refractivity contribution < 1.29 is 13.5 Å². The van der Waals surface area contributed by atoms with E-state index in [9.17, 15) is 8.78 Å². The first-order valence-corrected chi connectivity index (χ1v) is 8.26. The Hall–Kier alpha value is -1.78. The van der Waals surface area contributed by atoms with Gasteiger partial charge in [0, 0.05) is 18.7 Å². The SMILES string of the molecule is Cc1cc(C)c(C(CN)OCCCc2c(F)cccc2F)c(C)c1. The van der Waals surface area contributed by atoms with Crippen LogP contribution in [0.3, 0.4) is 0 Å². The second-order valence-corrected chi connectivity index (χ2v) is 6.21. The number of hydrogen-bond donors (Lipinski definition) is 1. The van der Waals surface area contributed by atoms with E-state index in [2.05, 4.69) is 32.9 Å². The van der Waals surface area contributed by atoms with Crippen molar-refractivity contribution in [2.24, 2.45) is 5.73 Å². The molecule has 2 aromatic carbocycles. The molecule has 0 spiro atoms. The van der Waals surface area contributed by atoms with Crippen molar-refractivity contribution in [3.8, 4) is 0 Å². The predicted octanol–water partition coefficient (Wildman–Crippen LogP) is 4.54. The van der Waals surface area contributed by atoms with E-state index in [1.54, 1.807) is 0 Å². The predicted molar refractivity (Wildman–Crippen MR) is 93.1 cm³/mol. The molecule has 0 aliphatic carbocycles. The molecule has 2 aromatic rings. The summed E-state index contributed by atoms with van der Waals surface area (Å²) in [5, 5.41) is 0. The summed E-state index contributed by atoms with van der Waals surface area (Å²) < 4.78 is 33.1. The highest BCUT2D eigenvalue weighted by Crippen LogP contribution is 2.26. The highest BCUT2D eigenvalue weighted by molar-refractivity contribution is 5.39. The molecule has 2 rings (SSSR count). The van der Waals surface area contributed by atoms with Gasteiger partial charge in [0.05, 0.1) is 6.10 Å². The molecule has 0 bridgehead atoms.